The van der Waals surface area contributed by atoms with E-state index in [1.807, 2.05) is 18.2 Å². The highest BCUT2D eigenvalue weighted by molar-refractivity contribution is 6.04. The second-order valence-electron chi connectivity index (χ2n) is 10.2. The summed E-state index contributed by atoms with van der Waals surface area (Å²) in [6, 6.07) is 12.7. The Labute approximate surface area is 212 Å². The highest BCUT2D eigenvalue weighted by Gasteiger charge is 2.35. The van der Waals surface area contributed by atoms with E-state index >= 15 is 0 Å². The molecule has 0 bridgehead atoms. The number of likely N-dealkylation sites (tertiary alicyclic amines) is 1. The molecule has 0 spiro atoms. The zero-order chi connectivity index (χ0) is 25.1. The van der Waals surface area contributed by atoms with Crippen LogP contribution in [0.25, 0.3) is 11.0 Å². The number of fused-ring (bicyclic) bond motifs is 1. The topological polar surface area (TPSA) is 84.2 Å². The van der Waals surface area contributed by atoms with E-state index in [2.05, 4.69) is 10.2 Å². The lowest BCUT2D eigenvalue weighted by atomic mass is 9.83. The van der Waals surface area contributed by atoms with E-state index in [4.69, 9.17) is 13.9 Å². The molecule has 2 aromatic carbocycles. The van der Waals surface area contributed by atoms with Gasteiger partial charge >= 0.3 is 0 Å². The number of anilines is 1. The van der Waals surface area contributed by atoms with Crippen LogP contribution in [0.4, 0.5) is 5.69 Å². The maximum absolute atomic E-state index is 12.9. The van der Waals surface area contributed by atoms with Gasteiger partial charge in [-0.1, -0.05) is 25.3 Å². The summed E-state index contributed by atoms with van der Waals surface area (Å²) in [5.74, 6) is 1.80. The fourth-order valence-corrected chi connectivity index (χ4v) is 5.68. The zero-order valence-corrected chi connectivity index (χ0v) is 21.2. The molecule has 1 saturated carbocycles. The molecule has 2 N–H and O–H groups in total. The third kappa shape index (κ3) is 5.22. The van der Waals surface area contributed by atoms with E-state index in [9.17, 15) is 9.90 Å². The molecule has 2 aliphatic rings. The van der Waals surface area contributed by atoms with Crippen LogP contribution in [0.2, 0.25) is 0 Å². The molecule has 7 nitrogen and oxygen atoms in total. The molecule has 2 fully saturated rings. The number of hydrogen-bond donors (Lipinski definition) is 2. The van der Waals surface area contributed by atoms with E-state index in [0.717, 1.165) is 49.3 Å². The molecule has 1 aliphatic carbocycles. The van der Waals surface area contributed by atoms with E-state index in [0.29, 0.717) is 22.8 Å². The fraction of sp³-hybridized carbons (Fsp3) is 0.483. The number of nitrogens with one attached hydrogen (secondary N) is 1. The first kappa shape index (κ1) is 24.7. The third-order valence-electron chi connectivity index (χ3n) is 7.84. The third-order valence-corrected chi connectivity index (χ3v) is 7.84. The van der Waals surface area contributed by atoms with Crippen LogP contribution in [0.5, 0.6) is 11.5 Å². The number of nitrogens with zero attached hydrogens (tertiary/aromatic N) is 1. The van der Waals surface area contributed by atoms with Crippen LogP contribution >= 0.6 is 0 Å². The maximum atomic E-state index is 12.9. The summed E-state index contributed by atoms with van der Waals surface area (Å²) in [7, 11) is 3.12. The Morgan fingerprint density at radius 1 is 1.03 bits per heavy atom. The van der Waals surface area contributed by atoms with Crippen molar-refractivity contribution in [3.63, 3.8) is 0 Å². The van der Waals surface area contributed by atoms with Gasteiger partial charge in [-0.15, -0.1) is 0 Å². The summed E-state index contributed by atoms with van der Waals surface area (Å²) in [6.07, 6.45) is 8.24. The number of rotatable bonds is 7. The molecule has 3 aromatic rings. The van der Waals surface area contributed by atoms with E-state index in [1.54, 1.807) is 38.5 Å². The Hall–Kier alpha value is -3.03. The highest BCUT2D eigenvalue weighted by Crippen LogP contribution is 2.36. The van der Waals surface area contributed by atoms with Crippen molar-refractivity contribution in [2.75, 3.05) is 39.2 Å². The van der Waals surface area contributed by atoms with Gasteiger partial charge in [0.1, 0.15) is 5.58 Å². The van der Waals surface area contributed by atoms with Crippen LogP contribution in [0, 0.1) is 5.92 Å². The van der Waals surface area contributed by atoms with Crippen molar-refractivity contribution < 1.29 is 23.8 Å². The number of benzene rings is 2. The van der Waals surface area contributed by atoms with Gasteiger partial charge < -0.3 is 29.2 Å². The highest BCUT2D eigenvalue weighted by atomic mass is 16.5. The smallest absolute Gasteiger partial charge is 0.291 e. The lowest BCUT2D eigenvalue weighted by molar-refractivity contribution is -0.0296. The van der Waals surface area contributed by atoms with Crippen LogP contribution in [0.15, 0.2) is 46.9 Å². The minimum Gasteiger partial charge on any atom is -0.493 e. The van der Waals surface area contributed by atoms with Crippen LogP contribution in [-0.4, -0.2) is 49.8 Å². The summed E-state index contributed by atoms with van der Waals surface area (Å²) in [5.41, 5.74) is 1.24. The summed E-state index contributed by atoms with van der Waals surface area (Å²) in [5, 5.41) is 15.1. The lowest BCUT2D eigenvalue weighted by Gasteiger charge is -2.40. The number of furan rings is 1. The molecular weight excluding hydrogens is 456 g/mol. The maximum Gasteiger partial charge on any atom is 0.291 e. The monoisotopic (exact) mass is 492 g/mol. The predicted molar refractivity (Wildman–Crippen MR) is 140 cm³/mol. The van der Waals surface area contributed by atoms with Gasteiger partial charge in [0.05, 0.1) is 19.8 Å². The number of hydrogen-bond acceptors (Lipinski definition) is 6. The van der Waals surface area contributed by atoms with Crippen molar-refractivity contribution in [3.05, 3.63) is 53.8 Å². The number of carbonyl (C=O) groups excluding carboxylic acids is 1. The number of ether oxygens (including phenoxy) is 2. The average molecular weight is 493 g/mol. The largest absolute Gasteiger partial charge is 0.493 e. The molecular formula is C29H36N2O5. The van der Waals surface area contributed by atoms with Crippen molar-refractivity contribution in [1.82, 2.24) is 4.90 Å². The predicted octanol–water partition coefficient (Wildman–Crippen LogP) is 5.57. The van der Waals surface area contributed by atoms with Gasteiger partial charge in [-0.05, 0) is 67.5 Å². The van der Waals surface area contributed by atoms with Crippen molar-refractivity contribution in [3.8, 4) is 11.5 Å². The van der Waals surface area contributed by atoms with Crippen LogP contribution in [-0.2, 0) is 5.60 Å². The first-order chi connectivity index (χ1) is 17.5. The fourth-order valence-electron chi connectivity index (χ4n) is 5.68. The Morgan fingerprint density at radius 3 is 2.50 bits per heavy atom. The van der Waals surface area contributed by atoms with Crippen LogP contribution in [0.1, 0.15) is 61.1 Å². The van der Waals surface area contributed by atoms with Gasteiger partial charge in [-0.2, -0.15) is 0 Å². The minimum absolute atomic E-state index is 0.214. The number of carbonyl (C=O) groups is 1. The van der Waals surface area contributed by atoms with Gasteiger partial charge in [-0.25, -0.2) is 0 Å². The SMILES string of the molecule is COc1ccc(NC(=O)c2cc3cc(C4(O)CCN(CC5CCCCC5)CC4)ccc3o2)cc1OC. The molecule has 2 heterocycles. The molecule has 0 atom stereocenters. The van der Waals surface area contributed by atoms with Gasteiger partial charge in [0, 0.05) is 36.8 Å². The first-order valence-corrected chi connectivity index (χ1v) is 13.0. The van der Waals surface area contributed by atoms with Gasteiger partial charge in [0.25, 0.3) is 5.91 Å². The van der Waals surface area contributed by atoms with Crippen molar-refractivity contribution in [2.24, 2.45) is 5.92 Å². The molecule has 1 amide bonds. The van der Waals surface area contributed by atoms with Gasteiger partial charge in [-0.3, -0.25) is 4.79 Å². The van der Waals surface area contributed by atoms with Crippen molar-refractivity contribution >= 4 is 22.6 Å². The number of aliphatic hydroxyl groups is 1. The number of methoxy groups -OCH3 is 2. The average Bonchev–Trinajstić information content (AvgIpc) is 3.34. The molecule has 0 unspecified atom stereocenters. The molecule has 5 rings (SSSR count). The lowest BCUT2D eigenvalue weighted by Crippen LogP contribution is -2.44. The Balaban J connectivity index is 1.25. The van der Waals surface area contributed by atoms with Gasteiger partial charge in [0.2, 0.25) is 0 Å². The molecule has 192 valence electrons. The first-order valence-electron chi connectivity index (χ1n) is 13.0. The van der Waals surface area contributed by atoms with Crippen LogP contribution in [0.3, 0.4) is 0 Å². The quantitative estimate of drug-likeness (QED) is 0.449. The van der Waals surface area contributed by atoms with E-state index < -0.39 is 5.60 Å². The van der Waals surface area contributed by atoms with E-state index in [1.165, 1.54) is 32.1 Å². The summed E-state index contributed by atoms with van der Waals surface area (Å²) < 4.78 is 16.4. The standard InChI is InChI=1S/C29H36N2O5/c1-34-25-11-9-23(18-26(25)35-2)30-28(32)27-17-21-16-22(8-10-24(21)36-27)29(33)12-14-31(15-13-29)19-20-6-4-3-5-7-20/h8-11,16-18,20,33H,3-7,12-15,19H2,1-2H3,(H,30,32). The second kappa shape index (κ2) is 10.5. The Kier molecular flexibility index (Phi) is 7.21. The normalized spacial score (nSPS) is 18.8. The molecule has 1 aromatic heterocycles. The molecule has 0 radical (unpaired) electrons. The number of piperidine rings is 1. The number of amides is 1. The second-order valence-corrected chi connectivity index (χ2v) is 10.2. The van der Waals surface area contributed by atoms with Crippen molar-refractivity contribution in [2.45, 2.75) is 50.5 Å². The zero-order valence-electron chi connectivity index (χ0n) is 21.2. The molecule has 7 heteroatoms. The summed E-state index contributed by atoms with van der Waals surface area (Å²) >= 11 is 0. The van der Waals surface area contributed by atoms with Gasteiger partial charge in [0.15, 0.2) is 17.3 Å². The summed E-state index contributed by atoms with van der Waals surface area (Å²) in [4.78, 5) is 15.4. The summed E-state index contributed by atoms with van der Waals surface area (Å²) in [6.45, 7) is 2.99. The van der Waals surface area contributed by atoms with Crippen molar-refractivity contribution in [1.29, 1.82) is 0 Å². The van der Waals surface area contributed by atoms with Crippen LogP contribution < -0.4 is 14.8 Å². The Bertz CT molecular complexity index is 1210. The van der Waals surface area contributed by atoms with E-state index in [-0.39, 0.29) is 11.7 Å². The molecule has 36 heavy (non-hydrogen) atoms. The minimum atomic E-state index is -0.851. The Morgan fingerprint density at radius 2 is 1.78 bits per heavy atom. The molecule has 1 saturated heterocycles. The molecule has 1 aliphatic heterocycles.